The van der Waals surface area contributed by atoms with Gasteiger partial charge in [-0.25, -0.2) is 14.4 Å². The molecule has 0 unspecified atom stereocenters. The monoisotopic (exact) mass is 295 g/mol. The van der Waals surface area contributed by atoms with E-state index in [-0.39, 0.29) is 22.4 Å². The van der Waals surface area contributed by atoms with Gasteiger partial charge in [-0.15, -0.1) is 0 Å². The molecule has 0 saturated carbocycles. The van der Waals surface area contributed by atoms with Gasteiger partial charge in [0.25, 0.3) is 0 Å². The first kappa shape index (κ1) is 18.5. The van der Waals surface area contributed by atoms with Crippen molar-refractivity contribution in [3.05, 3.63) is 28.8 Å². The number of hydrogen-bond acceptors (Lipinski definition) is 5. The zero-order chi connectivity index (χ0) is 16.4. The summed E-state index contributed by atoms with van der Waals surface area (Å²) >= 11 is 0. The predicted octanol–water partition coefficient (Wildman–Crippen LogP) is 2.14. The van der Waals surface area contributed by atoms with Crippen LogP contribution in [0.3, 0.4) is 0 Å². The maximum absolute atomic E-state index is 10.9. The Balaban J connectivity index is 0.000000690. The van der Waals surface area contributed by atoms with E-state index in [1.165, 1.54) is 19.1 Å². The van der Waals surface area contributed by atoms with Gasteiger partial charge >= 0.3 is 11.9 Å². The highest BCUT2D eigenvalue weighted by atomic mass is 16.4. The second-order valence-corrected chi connectivity index (χ2v) is 4.02. The van der Waals surface area contributed by atoms with Crippen LogP contribution in [0.15, 0.2) is 17.1 Å². The van der Waals surface area contributed by atoms with Crippen LogP contribution in [0.5, 0.6) is 0 Å². The SMILES string of the molecule is CCCCO.Cc1c(C(=O)O)ccc(N=C=O)c1C(=O)O. The highest BCUT2D eigenvalue weighted by Crippen LogP contribution is 2.25. The Morgan fingerprint density at radius 1 is 1.24 bits per heavy atom. The number of isocyanates is 1. The van der Waals surface area contributed by atoms with Crippen LogP contribution in [0.4, 0.5) is 5.69 Å². The maximum atomic E-state index is 10.9. The van der Waals surface area contributed by atoms with Crippen LogP contribution in [0.1, 0.15) is 46.0 Å². The molecule has 0 aliphatic heterocycles. The molecule has 0 amide bonds. The molecular weight excluding hydrogens is 278 g/mol. The molecule has 0 aliphatic rings. The lowest BCUT2D eigenvalue weighted by molar-refractivity contribution is 0.0696. The fourth-order valence-electron chi connectivity index (χ4n) is 1.50. The molecule has 0 bridgehead atoms. The van der Waals surface area contributed by atoms with Crippen molar-refractivity contribution in [2.45, 2.75) is 26.7 Å². The third-order valence-corrected chi connectivity index (χ3v) is 2.57. The number of hydrogen-bond donors (Lipinski definition) is 3. The van der Waals surface area contributed by atoms with Crippen molar-refractivity contribution in [2.24, 2.45) is 4.99 Å². The lowest BCUT2D eigenvalue weighted by Gasteiger charge is -2.06. The summed E-state index contributed by atoms with van der Waals surface area (Å²) in [6, 6.07) is 2.35. The van der Waals surface area contributed by atoms with E-state index in [4.69, 9.17) is 15.3 Å². The Morgan fingerprint density at radius 2 is 1.86 bits per heavy atom. The van der Waals surface area contributed by atoms with E-state index in [0.717, 1.165) is 18.9 Å². The van der Waals surface area contributed by atoms with Gasteiger partial charge in [-0.2, -0.15) is 4.99 Å². The minimum absolute atomic E-state index is 0.0523. The van der Waals surface area contributed by atoms with Crippen LogP contribution in [0.2, 0.25) is 0 Å². The van der Waals surface area contributed by atoms with Crippen molar-refractivity contribution in [1.29, 1.82) is 0 Å². The van der Waals surface area contributed by atoms with Gasteiger partial charge in [0.2, 0.25) is 6.08 Å². The minimum atomic E-state index is -1.34. The van der Waals surface area contributed by atoms with Gasteiger partial charge in [0, 0.05) is 6.61 Å². The molecule has 0 heterocycles. The number of carbonyl (C=O) groups is 2. The number of aliphatic hydroxyl groups is 1. The zero-order valence-electron chi connectivity index (χ0n) is 11.8. The number of unbranched alkanes of at least 4 members (excludes halogenated alkanes) is 1. The molecule has 0 spiro atoms. The molecule has 1 aromatic rings. The van der Waals surface area contributed by atoms with Crippen molar-refractivity contribution < 1.29 is 29.7 Å². The van der Waals surface area contributed by atoms with Crippen molar-refractivity contribution >= 4 is 23.7 Å². The van der Waals surface area contributed by atoms with Gasteiger partial charge in [0.1, 0.15) is 0 Å². The number of carboxylic acid groups (broad SMARTS) is 2. The summed E-state index contributed by atoms with van der Waals surface area (Å²) in [4.78, 5) is 35.0. The van der Waals surface area contributed by atoms with Crippen LogP contribution in [0.25, 0.3) is 0 Å². The number of aromatic carboxylic acids is 2. The van der Waals surface area contributed by atoms with Crippen molar-refractivity contribution in [3.8, 4) is 0 Å². The van der Waals surface area contributed by atoms with Gasteiger partial charge in [-0.1, -0.05) is 13.3 Å². The van der Waals surface area contributed by atoms with Gasteiger partial charge in [-0.05, 0) is 31.0 Å². The standard InChI is InChI=1S/C10H7NO5.C4H10O/c1-5-6(9(13)14)2-3-7(11-4-12)8(5)10(15)16;1-2-3-4-5/h2-3H,1H3,(H,13,14)(H,15,16);5H,2-4H2,1H3. The molecule has 0 aromatic heterocycles. The number of carboxylic acids is 2. The molecule has 1 rings (SSSR count). The van der Waals surface area contributed by atoms with Crippen LogP contribution >= 0.6 is 0 Å². The molecular formula is C14H17NO6. The fraction of sp³-hybridized carbons (Fsp3) is 0.357. The molecule has 0 saturated heterocycles. The number of carbonyl (C=O) groups excluding carboxylic acids is 1. The summed E-state index contributed by atoms with van der Waals surface area (Å²) in [5, 5.41) is 25.8. The molecule has 0 radical (unpaired) electrons. The number of aliphatic imine (C=N–C) groups is 1. The highest BCUT2D eigenvalue weighted by Gasteiger charge is 2.19. The molecule has 114 valence electrons. The molecule has 21 heavy (non-hydrogen) atoms. The largest absolute Gasteiger partial charge is 0.478 e. The van der Waals surface area contributed by atoms with Crippen molar-refractivity contribution in [3.63, 3.8) is 0 Å². The van der Waals surface area contributed by atoms with Gasteiger partial charge in [0.15, 0.2) is 0 Å². The van der Waals surface area contributed by atoms with E-state index >= 15 is 0 Å². The summed E-state index contributed by atoms with van der Waals surface area (Å²) < 4.78 is 0. The summed E-state index contributed by atoms with van der Waals surface area (Å²) in [5.74, 6) is -2.57. The first-order valence-electron chi connectivity index (χ1n) is 6.19. The predicted molar refractivity (Wildman–Crippen MR) is 74.9 cm³/mol. The summed E-state index contributed by atoms with van der Waals surface area (Å²) in [6.45, 7) is 3.74. The lowest BCUT2D eigenvalue weighted by Crippen LogP contribution is -2.07. The van der Waals surface area contributed by atoms with Gasteiger partial charge in [0.05, 0.1) is 16.8 Å². The van der Waals surface area contributed by atoms with E-state index in [9.17, 15) is 14.4 Å². The minimum Gasteiger partial charge on any atom is -0.478 e. The molecule has 0 fully saturated rings. The molecule has 1 aromatic carbocycles. The second-order valence-electron chi connectivity index (χ2n) is 4.02. The van der Waals surface area contributed by atoms with Crippen molar-refractivity contribution in [1.82, 2.24) is 0 Å². The third kappa shape index (κ3) is 5.56. The van der Waals surface area contributed by atoms with Gasteiger partial charge in [-0.3, -0.25) is 0 Å². The Kier molecular flexibility index (Phi) is 8.29. The topological polar surface area (TPSA) is 124 Å². The summed E-state index contributed by atoms with van der Waals surface area (Å²) in [6.07, 6.45) is 3.26. The number of aliphatic hydroxyl groups excluding tert-OH is 1. The summed E-state index contributed by atoms with van der Waals surface area (Å²) in [5.41, 5.74) is -0.494. The molecule has 7 nitrogen and oxygen atoms in total. The average Bonchev–Trinajstić information content (AvgIpc) is 2.40. The Morgan fingerprint density at radius 3 is 2.19 bits per heavy atom. The molecule has 7 heteroatoms. The van der Waals surface area contributed by atoms with E-state index in [1.54, 1.807) is 0 Å². The lowest BCUT2D eigenvalue weighted by atomic mass is 10.0. The van der Waals surface area contributed by atoms with Gasteiger partial charge < -0.3 is 15.3 Å². The molecule has 3 N–H and O–H groups in total. The zero-order valence-corrected chi connectivity index (χ0v) is 11.8. The fourth-order valence-corrected chi connectivity index (χ4v) is 1.50. The first-order valence-corrected chi connectivity index (χ1v) is 6.19. The Hall–Kier alpha value is -2.50. The number of rotatable bonds is 5. The quantitative estimate of drug-likeness (QED) is 0.564. The smallest absolute Gasteiger partial charge is 0.338 e. The molecule has 0 aliphatic carbocycles. The third-order valence-electron chi connectivity index (χ3n) is 2.57. The number of benzene rings is 1. The Bertz CT molecular complexity index is 559. The average molecular weight is 295 g/mol. The van der Waals surface area contributed by atoms with E-state index in [0.29, 0.717) is 6.61 Å². The van der Waals surface area contributed by atoms with E-state index < -0.39 is 11.9 Å². The van der Waals surface area contributed by atoms with E-state index in [2.05, 4.69) is 11.9 Å². The Labute approximate surface area is 121 Å². The number of nitrogens with zero attached hydrogens (tertiary/aromatic N) is 1. The second kappa shape index (κ2) is 9.41. The van der Waals surface area contributed by atoms with Crippen molar-refractivity contribution in [2.75, 3.05) is 6.61 Å². The van der Waals surface area contributed by atoms with Crippen LogP contribution in [-0.4, -0.2) is 39.9 Å². The van der Waals surface area contributed by atoms with E-state index in [1.807, 2.05) is 0 Å². The van der Waals surface area contributed by atoms with Crippen LogP contribution in [-0.2, 0) is 4.79 Å². The normalized spacial score (nSPS) is 9.10. The summed E-state index contributed by atoms with van der Waals surface area (Å²) in [7, 11) is 0. The van der Waals surface area contributed by atoms with Crippen LogP contribution < -0.4 is 0 Å². The molecule has 0 atom stereocenters. The van der Waals surface area contributed by atoms with Crippen LogP contribution in [0, 0.1) is 6.92 Å². The first-order chi connectivity index (χ1) is 9.90. The highest BCUT2D eigenvalue weighted by molar-refractivity contribution is 6.00. The maximum Gasteiger partial charge on any atom is 0.338 e.